The lowest BCUT2D eigenvalue weighted by Gasteiger charge is -2.21. The molecule has 1 amide bonds. The van der Waals surface area contributed by atoms with Gasteiger partial charge in [0.2, 0.25) is 0 Å². The van der Waals surface area contributed by atoms with Crippen molar-refractivity contribution in [2.24, 2.45) is 0 Å². The van der Waals surface area contributed by atoms with Crippen LogP contribution in [-0.2, 0) is 4.74 Å². The number of hydrogen-bond donors (Lipinski definition) is 2. The number of hydrogen-bond acceptors (Lipinski definition) is 9. The van der Waals surface area contributed by atoms with Gasteiger partial charge in [0.05, 0.1) is 38.6 Å². The Balaban J connectivity index is 1.50. The maximum Gasteiger partial charge on any atom is 0.338 e. The number of nitro benzene ring substituents is 1. The van der Waals surface area contributed by atoms with Crippen LogP contribution in [0.4, 0.5) is 16.5 Å². The Morgan fingerprint density at radius 1 is 1.24 bits per heavy atom. The molecule has 4 rings (SSSR count). The molecule has 0 atom stereocenters. The van der Waals surface area contributed by atoms with Crippen LogP contribution in [0.15, 0.2) is 36.4 Å². The molecule has 1 aromatic heterocycles. The number of amides is 1. The summed E-state index contributed by atoms with van der Waals surface area (Å²) in [6.45, 7) is 3.58. The summed E-state index contributed by atoms with van der Waals surface area (Å²) in [5.74, 6) is -0.963. The highest BCUT2D eigenvalue weighted by molar-refractivity contribution is 7.80. The summed E-state index contributed by atoms with van der Waals surface area (Å²) in [5.41, 5.74) is 1.72. The van der Waals surface area contributed by atoms with E-state index in [4.69, 9.17) is 17.0 Å². The van der Waals surface area contributed by atoms with Gasteiger partial charge in [-0.05, 0) is 56.2 Å². The highest BCUT2D eigenvalue weighted by atomic mass is 32.1. The molecule has 1 saturated heterocycles. The lowest BCUT2D eigenvalue weighted by atomic mass is 10.1. The fourth-order valence-corrected chi connectivity index (χ4v) is 4.84. The number of fused-ring (bicyclic) bond motifs is 1. The molecule has 2 heterocycles. The van der Waals surface area contributed by atoms with Gasteiger partial charge in [0.25, 0.3) is 11.6 Å². The number of rotatable bonds is 6. The number of thiocarbonyl (C=S) groups is 1. The highest BCUT2D eigenvalue weighted by Gasteiger charge is 2.23. The number of esters is 1. The Morgan fingerprint density at radius 3 is 2.71 bits per heavy atom. The Kier molecular flexibility index (Phi) is 6.98. The van der Waals surface area contributed by atoms with Crippen molar-refractivity contribution in [1.82, 2.24) is 10.3 Å². The maximum atomic E-state index is 13.0. The number of nitrogens with zero attached hydrogens (tertiary/aromatic N) is 3. The molecule has 176 valence electrons. The number of carbonyl (C=O) groups is 2. The third-order valence-electron chi connectivity index (χ3n) is 5.23. The van der Waals surface area contributed by atoms with Crippen LogP contribution in [0, 0.1) is 10.1 Å². The molecule has 0 bridgehead atoms. The molecule has 0 aliphatic carbocycles. The van der Waals surface area contributed by atoms with Gasteiger partial charge in [0, 0.05) is 25.2 Å². The van der Waals surface area contributed by atoms with E-state index in [1.807, 2.05) is 4.90 Å². The summed E-state index contributed by atoms with van der Waals surface area (Å²) in [6, 6.07) is 9.28. The highest BCUT2D eigenvalue weighted by Crippen LogP contribution is 2.29. The van der Waals surface area contributed by atoms with E-state index in [-0.39, 0.29) is 23.0 Å². The molecule has 0 unspecified atom stereocenters. The molecule has 12 heteroatoms. The second kappa shape index (κ2) is 10.1. The largest absolute Gasteiger partial charge is 0.462 e. The van der Waals surface area contributed by atoms with Crippen molar-refractivity contribution in [3.05, 3.63) is 57.6 Å². The molecule has 2 N–H and O–H groups in total. The lowest BCUT2D eigenvalue weighted by molar-refractivity contribution is -0.384. The van der Waals surface area contributed by atoms with E-state index in [9.17, 15) is 19.7 Å². The zero-order valence-corrected chi connectivity index (χ0v) is 19.8. The van der Waals surface area contributed by atoms with Gasteiger partial charge in [-0.15, -0.1) is 0 Å². The number of anilines is 2. The van der Waals surface area contributed by atoms with Gasteiger partial charge in [-0.2, -0.15) is 0 Å². The van der Waals surface area contributed by atoms with Crippen LogP contribution in [0.5, 0.6) is 0 Å². The van der Waals surface area contributed by atoms with Crippen LogP contribution in [0.25, 0.3) is 10.2 Å². The third-order valence-corrected chi connectivity index (χ3v) is 6.37. The van der Waals surface area contributed by atoms with Crippen molar-refractivity contribution < 1.29 is 19.2 Å². The first-order valence-electron chi connectivity index (χ1n) is 10.6. The smallest absolute Gasteiger partial charge is 0.338 e. The van der Waals surface area contributed by atoms with Crippen molar-refractivity contribution in [2.45, 2.75) is 19.8 Å². The number of aromatic nitrogens is 1. The average molecular weight is 500 g/mol. The van der Waals surface area contributed by atoms with Crippen molar-refractivity contribution in [1.29, 1.82) is 0 Å². The zero-order valence-electron chi connectivity index (χ0n) is 18.2. The van der Waals surface area contributed by atoms with Crippen LogP contribution in [0.2, 0.25) is 0 Å². The Bertz CT molecular complexity index is 1290. The van der Waals surface area contributed by atoms with Crippen LogP contribution in [-0.4, -0.2) is 46.6 Å². The molecule has 1 aliphatic heterocycles. The maximum absolute atomic E-state index is 13.0. The molecule has 34 heavy (non-hydrogen) atoms. The monoisotopic (exact) mass is 499 g/mol. The van der Waals surface area contributed by atoms with E-state index < -0.39 is 16.8 Å². The van der Waals surface area contributed by atoms with Gasteiger partial charge in [-0.25, -0.2) is 9.78 Å². The van der Waals surface area contributed by atoms with Gasteiger partial charge in [0.15, 0.2) is 10.2 Å². The van der Waals surface area contributed by atoms with Gasteiger partial charge < -0.3 is 15.0 Å². The Labute approximate surface area is 204 Å². The quantitative estimate of drug-likeness (QED) is 0.223. The normalized spacial score (nSPS) is 13.0. The summed E-state index contributed by atoms with van der Waals surface area (Å²) in [4.78, 5) is 42.1. The number of thiazole rings is 1. The molecule has 10 nitrogen and oxygen atoms in total. The van der Waals surface area contributed by atoms with E-state index in [0.717, 1.165) is 30.6 Å². The van der Waals surface area contributed by atoms with Crippen LogP contribution >= 0.6 is 23.6 Å². The van der Waals surface area contributed by atoms with E-state index in [2.05, 4.69) is 15.6 Å². The Hall–Kier alpha value is -3.64. The van der Waals surface area contributed by atoms with Crippen molar-refractivity contribution >= 4 is 67.3 Å². The molecule has 0 saturated carbocycles. The minimum absolute atomic E-state index is 0.00792. The van der Waals surface area contributed by atoms with E-state index >= 15 is 0 Å². The fourth-order valence-electron chi connectivity index (χ4n) is 3.67. The first-order valence-corrected chi connectivity index (χ1v) is 11.8. The standard InChI is InChI=1S/C22H21N5O5S2/c1-2-32-20(29)13-5-7-16-18(11-13)34-22(23-16)25-21(33)24-19(28)15-12-14(27(30)31)6-8-17(15)26-9-3-4-10-26/h5-8,11-12H,2-4,9-10H2,1H3,(H2,23,24,25,28,33). The first kappa shape index (κ1) is 23.5. The average Bonchev–Trinajstić information content (AvgIpc) is 3.47. The predicted octanol–water partition coefficient (Wildman–Crippen LogP) is 4.11. The van der Waals surface area contributed by atoms with E-state index in [0.29, 0.717) is 21.9 Å². The number of ether oxygens (including phenoxy) is 1. The van der Waals surface area contributed by atoms with Crippen molar-refractivity contribution in [3.63, 3.8) is 0 Å². The summed E-state index contributed by atoms with van der Waals surface area (Å²) in [5, 5.41) is 17.1. The summed E-state index contributed by atoms with van der Waals surface area (Å²) >= 11 is 6.54. The fraction of sp³-hybridized carbons (Fsp3) is 0.273. The van der Waals surface area contributed by atoms with Gasteiger partial charge >= 0.3 is 5.97 Å². The molecule has 1 fully saturated rings. The number of non-ortho nitro benzene ring substituents is 1. The zero-order chi connectivity index (χ0) is 24.2. The minimum Gasteiger partial charge on any atom is -0.462 e. The molecule has 0 spiro atoms. The minimum atomic E-state index is -0.547. The predicted molar refractivity (Wildman–Crippen MR) is 134 cm³/mol. The molecule has 1 aliphatic rings. The second-order valence-corrected chi connectivity index (χ2v) is 8.92. The van der Waals surface area contributed by atoms with Crippen LogP contribution < -0.4 is 15.5 Å². The molecular weight excluding hydrogens is 478 g/mol. The van der Waals surface area contributed by atoms with Crippen molar-refractivity contribution in [2.75, 3.05) is 29.9 Å². The SMILES string of the molecule is CCOC(=O)c1ccc2nc(NC(=S)NC(=O)c3cc([N+](=O)[O-])ccc3N3CCCC3)sc2c1. The first-order chi connectivity index (χ1) is 16.4. The third kappa shape index (κ3) is 5.13. The van der Waals surface area contributed by atoms with Gasteiger partial charge in [-0.3, -0.25) is 20.2 Å². The van der Waals surface area contributed by atoms with E-state index in [1.54, 1.807) is 31.2 Å². The van der Waals surface area contributed by atoms with Crippen LogP contribution in [0.1, 0.15) is 40.5 Å². The summed E-state index contributed by atoms with van der Waals surface area (Å²) < 4.78 is 5.77. The number of carbonyl (C=O) groups excluding carboxylic acids is 2. The number of benzene rings is 2. The molecule has 2 aromatic carbocycles. The second-order valence-electron chi connectivity index (χ2n) is 7.48. The lowest BCUT2D eigenvalue weighted by Crippen LogP contribution is -2.35. The summed E-state index contributed by atoms with van der Waals surface area (Å²) in [6.07, 6.45) is 1.99. The molecular formula is C22H21N5O5S2. The Morgan fingerprint density at radius 2 is 2.00 bits per heavy atom. The van der Waals surface area contributed by atoms with Gasteiger partial charge in [-0.1, -0.05) is 11.3 Å². The van der Waals surface area contributed by atoms with Crippen molar-refractivity contribution in [3.8, 4) is 0 Å². The van der Waals surface area contributed by atoms with E-state index in [1.165, 1.54) is 23.5 Å². The van der Waals surface area contributed by atoms with Gasteiger partial charge in [0.1, 0.15) is 0 Å². The summed E-state index contributed by atoms with van der Waals surface area (Å²) in [7, 11) is 0. The number of nitrogens with one attached hydrogen (secondary N) is 2. The molecule has 0 radical (unpaired) electrons. The topological polar surface area (TPSA) is 127 Å². The number of nitro groups is 1. The van der Waals surface area contributed by atoms with Crippen LogP contribution in [0.3, 0.4) is 0 Å². The molecule has 3 aromatic rings.